The number of carbonyl (C=O) groups is 2. The third-order valence-electron chi connectivity index (χ3n) is 6.43. The predicted molar refractivity (Wildman–Crippen MR) is 105 cm³/mol. The van der Waals surface area contributed by atoms with Gasteiger partial charge < -0.3 is 18.6 Å². The van der Waals surface area contributed by atoms with E-state index in [1.807, 2.05) is 0 Å². The van der Waals surface area contributed by atoms with Crippen LogP contribution in [0.5, 0.6) is 0 Å². The summed E-state index contributed by atoms with van der Waals surface area (Å²) in [6.45, 7) is 10.6. The molecule has 0 aromatic rings. The van der Waals surface area contributed by atoms with E-state index < -0.39 is 32.1 Å². The molecule has 4 unspecified atom stereocenters. The number of esters is 1. The molecule has 2 aliphatic rings. The molecular weight excluding hydrogens is 364 g/mol. The number of ketones is 1. The van der Waals surface area contributed by atoms with Gasteiger partial charge in [0.2, 0.25) is 5.79 Å². The molecule has 0 bridgehead atoms. The van der Waals surface area contributed by atoms with Crippen LogP contribution in [0.2, 0.25) is 18.1 Å². The molecule has 6 nitrogen and oxygen atoms in total. The van der Waals surface area contributed by atoms with Gasteiger partial charge in [-0.15, -0.1) is 0 Å². The molecule has 0 spiro atoms. The minimum Gasteiger partial charge on any atom is -0.468 e. The van der Waals surface area contributed by atoms with Gasteiger partial charge in [0.05, 0.1) is 7.11 Å². The number of Topliss-reactive ketones (excluding diaryl/α,β-unsaturated/α-hetero) is 1. The van der Waals surface area contributed by atoms with Gasteiger partial charge >= 0.3 is 5.97 Å². The number of methoxy groups -OCH3 is 3. The maximum atomic E-state index is 12.7. The minimum absolute atomic E-state index is 0.0687. The molecule has 0 N–H and O–H groups in total. The number of hydrogen-bond donors (Lipinski definition) is 0. The molecule has 0 saturated heterocycles. The summed E-state index contributed by atoms with van der Waals surface area (Å²) in [5, 5.41) is -0.0934. The van der Waals surface area contributed by atoms with E-state index >= 15 is 0 Å². The summed E-state index contributed by atoms with van der Waals surface area (Å²) in [5.74, 6) is -2.75. The quantitative estimate of drug-likeness (QED) is 0.401. The van der Waals surface area contributed by atoms with Crippen LogP contribution in [0.15, 0.2) is 11.6 Å². The average molecular weight is 399 g/mol. The van der Waals surface area contributed by atoms with Crippen molar-refractivity contribution < 1.29 is 28.2 Å². The van der Waals surface area contributed by atoms with Crippen LogP contribution in [-0.2, 0) is 28.2 Å². The summed E-state index contributed by atoms with van der Waals surface area (Å²) in [5.41, 5.74) is 0.648. The van der Waals surface area contributed by atoms with Crippen LogP contribution in [0.4, 0.5) is 0 Å². The number of rotatable bonds is 5. The van der Waals surface area contributed by atoms with Gasteiger partial charge in [0.25, 0.3) is 0 Å². The highest BCUT2D eigenvalue weighted by atomic mass is 28.4. The standard InChI is InChI=1S/C20H34O6Si/c1-19(2,3)27(7,8)26-20(25-6)15(18(22)24-5)12-14-13(17(20)23-4)10-9-11-16(14)21/h12-13,15,17H,9-11H2,1-8H3. The summed E-state index contributed by atoms with van der Waals surface area (Å²) < 4.78 is 23.6. The van der Waals surface area contributed by atoms with E-state index in [4.69, 9.17) is 18.6 Å². The normalized spacial score (nSPS) is 31.9. The van der Waals surface area contributed by atoms with Gasteiger partial charge in [0, 0.05) is 26.6 Å². The topological polar surface area (TPSA) is 71.1 Å². The highest BCUT2D eigenvalue weighted by Crippen LogP contribution is 2.50. The van der Waals surface area contributed by atoms with E-state index in [0.29, 0.717) is 12.0 Å². The van der Waals surface area contributed by atoms with E-state index in [1.165, 1.54) is 7.11 Å². The number of carbonyl (C=O) groups excluding carboxylic acids is 2. The molecule has 2 rings (SSSR count). The van der Waals surface area contributed by atoms with Gasteiger partial charge in [-0.3, -0.25) is 9.59 Å². The lowest BCUT2D eigenvalue weighted by Gasteiger charge is -2.53. The first-order chi connectivity index (χ1) is 12.4. The molecule has 27 heavy (non-hydrogen) atoms. The monoisotopic (exact) mass is 398 g/mol. The van der Waals surface area contributed by atoms with Gasteiger partial charge in [-0.1, -0.05) is 26.8 Å². The van der Waals surface area contributed by atoms with Gasteiger partial charge in [-0.2, -0.15) is 0 Å². The zero-order valence-electron chi connectivity index (χ0n) is 17.9. The zero-order chi connectivity index (χ0) is 20.6. The van der Waals surface area contributed by atoms with Crippen LogP contribution in [0.25, 0.3) is 0 Å². The molecule has 0 amide bonds. The highest BCUT2D eigenvalue weighted by molar-refractivity contribution is 6.74. The number of ether oxygens (including phenoxy) is 3. The Balaban J connectivity index is 2.65. The van der Waals surface area contributed by atoms with Crippen LogP contribution < -0.4 is 0 Å². The fourth-order valence-corrected chi connectivity index (χ4v) is 5.35. The van der Waals surface area contributed by atoms with Gasteiger partial charge in [0.1, 0.15) is 12.0 Å². The lowest BCUT2D eigenvalue weighted by molar-refractivity contribution is -0.273. The van der Waals surface area contributed by atoms with E-state index in [2.05, 4.69) is 33.9 Å². The van der Waals surface area contributed by atoms with E-state index in [0.717, 1.165) is 12.8 Å². The molecule has 0 heterocycles. The van der Waals surface area contributed by atoms with Crippen LogP contribution in [0.1, 0.15) is 40.0 Å². The Bertz CT molecular complexity index is 620. The van der Waals surface area contributed by atoms with Crippen molar-refractivity contribution in [2.24, 2.45) is 11.8 Å². The molecule has 4 atom stereocenters. The van der Waals surface area contributed by atoms with Gasteiger partial charge in [-0.05, 0) is 36.5 Å². The minimum atomic E-state index is -2.34. The molecule has 2 aliphatic carbocycles. The van der Waals surface area contributed by atoms with E-state index in [-0.39, 0.29) is 16.7 Å². The van der Waals surface area contributed by atoms with Crippen molar-refractivity contribution in [1.82, 2.24) is 0 Å². The van der Waals surface area contributed by atoms with Crippen LogP contribution in [0, 0.1) is 11.8 Å². The molecule has 1 fully saturated rings. The smallest absolute Gasteiger partial charge is 0.318 e. The SMILES string of the molecule is COC(=O)C1C=C2C(=O)CCCC2C(OC)C1(OC)O[Si](C)(C)C(C)(C)C. The predicted octanol–water partition coefficient (Wildman–Crippen LogP) is 3.46. The van der Waals surface area contributed by atoms with Gasteiger partial charge in [-0.25, -0.2) is 0 Å². The largest absolute Gasteiger partial charge is 0.468 e. The zero-order valence-corrected chi connectivity index (χ0v) is 18.9. The summed E-state index contributed by atoms with van der Waals surface area (Å²) in [6, 6.07) is 0. The number of fused-ring (bicyclic) bond motifs is 1. The molecule has 7 heteroatoms. The average Bonchev–Trinajstić information content (AvgIpc) is 2.59. The second kappa shape index (κ2) is 7.77. The van der Waals surface area contributed by atoms with Crippen molar-refractivity contribution in [3.63, 3.8) is 0 Å². The van der Waals surface area contributed by atoms with E-state index in [9.17, 15) is 9.59 Å². The summed E-state index contributed by atoms with van der Waals surface area (Å²) in [7, 11) is 2.12. The Hall–Kier alpha value is -1.02. The summed E-state index contributed by atoms with van der Waals surface area (Å²) >= 11 is 0. The van der Waals surface area contributed by atoms with Crippen molar-refractivity contribution in [1.29, 1.82) is 0 Å². The Morgan fingerprint density at radius 3 is 2.33 bits per heavy atom. The van der Waals surface area contributed by atoms with Crippen LogP contribution >= 0.6 is 0 Å². The molecule has 0 aromatic carbocycles. The Kier molecular flexibility index (Phi) is 6.41. The Morgan fingerprint density at radius 2 is 1.85 bits per heavy atom. The second-order valence-electron chi connectivity index (χ2n) is 8.99. The Morgan fingerprint density at radius 1 is 1.22 bits per heavy atom. The van der Waals surface area contributed by atoms with Crippen molar-refractivity contribution in [3.05, 3.63) is 11.6 Å². The molecule has 0 aromatic heterocycles. The fraction of sp³-hybridized carbons (Fsp3) is 0.800. The second-order valence-corrected chi connectivity index (χ2v) is 13.7. The molecule has 0 aliphatic heterocycles. The first-order valence-electron chi connectivity index (χ1n) is 9.56. The highest BCUT2D eigenvalue weighted by Gasteiger charge is 2.61. The first kappa shape index (κ1) is 22.3. The maximum absolute atomic E-state index is 12.7. The third kappa shape index (κ3) is 3.79. The van der Waals surface area contributed by atoms with Gasteiger partial charge in [0.15, 0.2) is 14.1 Å². The molecular formula is C20H34O6Si. The van der Waals surface area contributed by atoms with Crippen LogP contribution in [0.3, 0.4) is 0 Å². The molecule has 0 radical (unpaired) electrons. The van der Waals surface area contributed by atoms with Crippen LogP contribution in [-0.4, -0.2) is 53.3 Å². The van der Waals surface area contributed by atoms with E-state index in [1.54, 1.807) is 20.3 Å². The third-order valence-corrected chi connectivity index (χ3v) is 10.9. The number of hydrogen-bond acceptors (Lipinski definition) is 6. The summed E-state index contributed by atoms with van der Waals surface area (Å²) in [6.07, 6.45) is 3.24. The van der Waals surface area contributed by atoms with Crippen molar-refractivity contribution in [2.45, 2.75) is 70.1 Å². The lowest BCUT2D eigenvalue weighted by atomic mass is 9.69. The van der Waals surface area contributed by atoms with Crippen molar-refractivity contribution in [2.75, 3.05) is 21.3 Å². The van der Waals surface area contributed by atoms with Crippen molar-refractivity contribution in [3.8, 4) is 0 Å². The Labute approximate surface area is 163 Å². The lowest BCUT2D eigenvalue weighted by Crippen LogP contribution is -2.65. The maximum Gasteiger partial charge on any atom is 0.318 e. The fourth-order valence-electron chi connectivity index (χ4n) is 3.92. The summed E-state index contributed by atoms with van der Waals surface area (Å²) in [4.78, 5) is 25.3. The first-order valence-corrected chi connectivity index (χ1v) is 12.5. The molecule has 154 valence electrons. The van der Waals surface area contributed by atoms with Crippen molar-refractivity contribution >= 4 is 20.1 Å². The molecule has 1 saturated carbocycles.